The van der Waals surface area contributed by atoms with E-state index in [1.165, 1.54) is 11.1 Å². The van der Waals surface area contributed by atoms with E-state index in [4.69, 9.17) is 4.42 Å². The van der Waals surface area contributed by atoms with Crippen LogP contribution in [0.2, 0.25) is 0 Å². The highest BCUT2D eigenvalue weighted by Gasteiger charge is 1.85. The van der Waals surface area contributed by atoms with Crippen LogP contribution in [0.15, 0.2) is 59.0 Å². The number of aryl methyl sites for hydroxylation is 6. The molecule has 27 heavy (non-hydrogen) atoms. The van der Waals surface area contributed by atoms with Gasteiger partial charge in [-0.3, -0.25) is 4.98 Å². The van der Waals surface area contributed by atoms with Crippen molar-refractivity contribution in [3.63, 3.8) is 0 Å². The lowest BCUT2D eigenvalue weighted by atomic mass is 10.2. The molecule has 3 aromatic rings. The summed E-state index contributed by atoms with van der Waals surface area (Å²) in [4.78, 5) is 4.17. The van der Waals surface area contributed by atoms with E-state index in [0.29, 0.717) is 0 Å². The van der Waals surface area contributed by atoms with Gasteiger partial charge in [-0.2, -0.15) is 0 Å². The molecule has 0 fully saturated rings. The molecule has 0 N–H and O–H groups in total. The van der Waals surface area contributed by atoms with Gasteiger partial charge in [0, 0.05) is 11.4 Å². The fraction of sp³-hybridized carbons (Fsp3) is 0.400. The number of hydrogen-bond acceptors (Lipinski definition) is 2. The maximum absolute atomic E-state index is 5.08. The minimum Gasteiger partial charge on any atom is -0.467 e. The zero-order chi connectivity index (χ0) is 21.2. The van der Waals surface area contributed by atoms with E-state index in [0.717, 1.165) is 22.9 Å². The minimum atomic E-state index is 0.984. The van der Waals surface area contributed by atoms with E-state index in [1.54, 1.807) is 0 Å². The summed E-state index contributed by atoms with van der Waals surface area (Å²) in [5, 5.41) is 0. The molecule has 2 nitrogen and oxygen atoms in total. The standard InChI is InChI=1S/C8H10.C7H9N.C6H8O.2C2H6/c1-7-4-3-5-8(2)6-7;1-6-4-3-5-7(2)8-6;1-5-3-4-6(2)7-5;2*1-2/h3-6H,1-2H3;3-5H,1-2H3;3-4H,1-2H3;2*1-2H3. The Hall–Kier alpha value is -2.35. The highest BCUT2D eigenvalue weighted by molar-refractivity contribution is 5.20. The second kappa shape index (κ2) is 17.1. The minimum absolute atomic E-state index is 0.984. The lowest BCUT2D eigenvalue weighted by Crippen LogP contribution is -1.81. The second-order valence-corrected chi connectivity index (χ2v) is 5.74. The van der Waals surface area contributed by atoms with Crippen LogP contribution in [0.5, 0.6) is 0 Å². The topological polar surface area (TPSA) is 26.0 Å². The van der Waals surface area contributed by atoms with E-state index in [-0.39, 0.29) is 0 Å². The Balaban J connectivity index is 0. The number of rotatable bonds is 0. The largest absolute Gasteiger partial charge is 0.467 e. The number of hydrogen-bond donors (Lipinski definition) is 0. The van der Waals surface area contributed by atoms with Crippen LogP contribution < -0.4 is 0 Å². The van der Waals surface area contributed by atoms with Crippen LogP contribution in [-0.2, 0) is 0 Å². The van der Waals surface area contributed by atoms with Crippen molar-refractivity contribution in [1.29, 1.82) is 0 Å². The van der Waals surface area contributed by atoms with Gasteiger partial charge in [-0.1, -0.05) is 69.2 Å². The van der Waals surface area contributed by atoms with Gasteiger partial charge in [0.1, 0.15) is 11.5 Å². The molecule has 0 unspecified atom stereocenters. The van der Waals surface area contributed by atoms with Crippen LogP contribution in [-0.4, -0.2) is 4.98 Å². The van der Waals surface area contributed by atoms with E-state index in [1.807, 2.05) is 85.7 Å². The lowest BCUT2D eigenvalue weighted by Gasteiger charge is -1.90. The first-order valence-electron chi connectivity index (χ1n) is 9.83. The van der Waals surface area contributed by atoms with Crippen LogP contribution in [0.3, 0.4) is 0 Å². The van der Waals surface area contributed by atoms with Crippen molar-refractivity contribution in [1.82, 2.24) is 4.98 Å². The fourth-order valence-electron chi connectivity index (χ4n) is 2.04. The Morgan fingerprint density at radius 3 is 1.11 bits per heavy atom. The zero-order valence-electron chi connectivity index (χ0n) is 19.1. The maximum atomic E-state index is 5.08. The Kier molecular flexibility index (Phi) is 17.0. The van der Waals surface area contributed by atoms with Gasteiger partial charge in [0.15, 0.2) is 0 Å². The summed E-state index contributed by atoms with van der Waals surface area (Å²) in [6.07, 6.45) is 0. The van der Waals surface area contributed by atoms with E-state index in [9.17, 15) is 0 Å². The number of aromatic nitrogens is 1. The molecule has 3 rings (SSSR count). The molecular formula is C25H39NO. The van der Waals surface area contributed by atoms with Crippen molar-refractivity contribution >= 4 is 0 Å². The SMILES string of the molecule is CC.CC.Cc1ccc(C)o1.Cc1cccc(C)c1.Cc1cccc(C)n1. The molecule has 0 aliphatic carbocycles. The predicted molar refractivity (Wildman–Crippen MR) is 121 cm³/mol. The molecule has 2 heterocycles. The van der Waals surface area contributed by atoms with Crippen molar-refractivity contribution in [2.75, 3.05) is 0 Å². The van der Waals surface area contributed by atoms with Crippen molar-refractivity contribution in [3.8, 4) is 0 Å². The molecule has 0 radical (unpaired) electrons. The molecule has 2 heteroatoms. The predicted octanol–water partition coefficient (Wildman–Crippen LogP) is 7.95. The van der Waals surface area contributed by atoms with Crippen LogP contribution >= 0.6 is 0 Å². The van der Waals surface area contributed by atoms with Gasteiger partial charge in [-0.15, -0.1) is 0 Å². The smallest absolute Gasteiger partial charge is 0.101 e. The normalized spacial score (nSPS) is 8.37. The molecule has 0 saturated heterocycles. The van der Waals surface area contributed by atoms with Crippen LogP contribution in [0, 0.1) is 41.5 Å². The Morgan fingerprint density at radius 2 is 0.926 bits per heavy atom. The number of pyridine rings is 1. The molecule has 150 valence electrons. The zero-order valence-corrected chi connectivity index (χ0v) is 19.1. The summed E-state index contributed by atoms with van der Waals surface area (Å²) in [5.74, 6) is 1.97. The number of benzene rings is 1. The monoisotopic (exact) mass is 369 g/mol. The third-order valence-electron chi connectivity index (χ3n) is 3.08. The summed E-state index contributed by atoms with van der Waals surface area (Å²) in [7, 11) is 0. The van der Waals surface area contributed by atoms with Crippen molar-refractivity contribution in [3.05, 3.63) is 88.6 Å². The first-order valence-corrected chi connectivity index (χ1v) is 9.83. The fourth-order valence-corrected chi connectivity index (χ4v) is 2.04. The third kappa shape index (κ3) is 15.6. The summed E-state index contributed by atoms with van der Waals surface area (Å²) in [5.41, 5.74) is 4.85. The van der Waals surface area contributed by atoms with Gasteiger partial charge in [0.25, 0.3) is 0 Å². The second-order valence-electron chi connectivity index (χ2n) is 5.74. The molecule has 0 saturated carbocycles. The molecule has 0 bridgehead atoms. The quantitative estimate of drug-likeness (QED) is 0.402. The van der Waals surface area contributed by atoms with Gasteiger partial charge in [-0.25, -0.2) is 0 Å². The molecular weight excluding hydrogens is 330 g/mol. The van der Waals surface area contributed by atoms with E-state index < -0.39 is 0 Å². The molecule has 0 amide bonds. The Bertz CT molecular complexity index is 619. The molecule has 0 aliphatic rings. The molecule has 2 aromatic heterocycles. The summed E-state index contributed by atoms with van der Waals surface area (Å²) in [6, 6.07) is 18.4. The van der Waals surface area contributed by atoms with Crippen molar-refractivity contribution < 1.29 is 4.42 Å². The summed E-state index contributed by atoms with van der Waals surface area (Å²) < 4.78 is 5.08. The maximum Gasteiger partial charge on any atom is 0.101 e. The lowest BCUT2D eigenvalue weighted by molar-refractivity contribution is 0.504. The van der Waals surface area contributed by atoms with Crippen molar-refractivity contribution in [2.45, 2.75) is 69.2 Å². The van der Waals surface area contributed by atoms with Crippen LogP contribution in [0.4, 0.5) is 0 Å². The highest BCUT2D eigenvalue weighted by atomic mass is 16.3. The van der Waals surface area contributed by atoms with Gasteiger partial charge >= 0.3 is 0 Å². The molecule has 0 spiro atoms. The van der Waals surface area contributed by atoms with Crippen LogP contribution in [0.25, 0.3) is 0 Å². The highest BCUT2D eigenvalue weighted by Crippen LogP contribution is 2.02. The van der Waals surface area contributed by atoms with Crippen LogP contribution in [0.1, 0.15) is 61.7 Å². The molecule has 1 aromatic carbocycles. The average molecular weight is 370 g/mol. The first kappa shape index (κ1) is 26.9. The van der Waals surface area contributed by atoms with Crippen molar-refractivity contribution in [2.24, 2.45) is 0 Å². The third-order valence-corrected chi connectivity index (χ3v) is 3.08. The summed E-state index contributed by atoms with van der Waals surface area (Å²) in [6.45, 7) is 20.1. The first-order chi connectivity index (χ1) is 12.9. The van der Waals surface area contributed by atoms with Gasteiger partial charge in [-0.05, 0) is 65.8 Å². The van der Waals surface area contributed by atoms with Gasteiger partial charge in [0.2, 0.25) is 0 Å². The van der Waals surface area contributed by atoms with E-state index >= 15 is 0 Å². The number of nitrogens with zero attached hydrogens (tertiary/aromatic N) is 1. The number of furan rings is 1. The van der Waals surface area contributed by atoms with Gasteiger partial charge in [0.05, 0.1) is 0 Å². The molecule has 0 atom stereocenters. The average Bonchev–Trinajstić information content (AvgIpc) is 3.02. The summed E-state index contributed by atoms with van der Waals surface area (Å²) >= 11 is 0. The Morgan fingerprint density at radius 1 is 0.556 bits per heavy atom. The Labute approximate surface area is 167 Å². The van der Waals surface area contributed by atoms with E-state index in [2.05, 4.69) is 43.1 Å². The molecule has 0 aliphatic heterocycles. The van der Waals surface area contributed by atoms with Gasteiger partial charge < -0.3 is 4.42 Å².